The number of aromatic nitrogens is 5. The fraction of sp³-hybridized carbons (Fsp3) is 0.286. The van der Waals surface area contributed by atoms with E-state index in [9.17, 15) is 9.59 Å². The van der Waals surface area contributed by atoms with Crippen molar-refractivity contribution < 1.29 is 4.79 Å². The first-order chi connectivity index (χ1) is 14.7. The molecule has 1 amide bonds. The van der Waals surface area contributed by atoms with Crippen LogP contribution in [0.2, 0.25) is 0 Å². The highest BCUT2D eigenvalue weighted by Crippen LogP contribution is 2.32. The summed E-state index contributed by atoms with van der Waals surface area (Å²) >= 11 is 1.69. The molecule has 0 spiro atoms. The molecule has 1 fully saturated rings. The maximum atomic E-state index is 12.9. The molecule has 8 nitrogen and oxygen atoms in total. The van der Waals surface area contributed by atoms with Crippen LogP contribution in [-0.2, 0) is 11.3 Å². The number of thiazole rings is 1. The number of hydrogen-bond acceptors (Lipinski definition) is 6. The number of piperidine rings is 1. The van der Waals surface area contributed by atoms with Crippen molar-refractivity contribution in [3.8, 4) is 5.69 Å². The van der Waals surface area contributed by atoms with Gasteiger partial charge in [-0.2, -0.15) is 9.36 Å². The van der Waals surface area contributed by atoms with Gasteiger partial charge in [0.25, 0.3) is 0 Å². The largest absolute Gasteiger partial charge is 0.368 e. The van der Waals surface area contributed by atoms with Crippen LogP contribution in [0.3, 0.4) is 0 Å². The molecule has 0 bridgehead atoms. The van der Waals surface area contributed by atoms with Gasteiger partial charge in [-0.05, 0) is 47.5 Å². The van der Waals surface area contributed by atoms with Gasteiger partial charge in [-0.3, -0.25) is 4.79 Å². The predicted octanol–water partition coefficient (Wildman–Crippen LogP) is 2.44. The minimum Gasteiger partial charge on any atom is -0.340 e. The van der Waals surface area contributed by atoms with Gasteiger partial charge in [0.05, 0.1) is 20.9 Å². The van der Waals surface area contributed by atoms with Crippen molar-refractivity contribution in [3.05, 3.63) is 70.1 Å². The van der Waals surface area contributed by atoms with Crippen molar-refractivity contribution in [3.63, 3.8) is 0 Å². The van der Waals surface area contributed by atoms with Crippen LogP contribution in [0.1, 0.15) is 23.8 Å². The molecule has 0 radical (unpaired) electrons. The second-order valence-corrected chi connectivity index (χ2v) is 8.43. The predicted molar refractivity (Wildman–Crippen MR) is 114 cm³/mol. The van der Waals surface area contributed by atoms with Crippen LogP contribution in [0, 0.1) is 0 Å². The first kappa shape index (κ1) is 18.7. The van der Waals surface area contributed by atoms with E-state index in [-0.39, 0.29) is 18.4 Å². The van der Waals surface area contributed by atoms with Gasteiger partial charge in [-0.1, -0.05) is 30.3 Å². The van der Waals surface area contributed by atoms with E-state index in [0.717, 1.165) is 28.0 Å². The smallest absolute Gasteiger partial charge is 0.340 e. The molecule has 5 rings (SSSR count). The topological polar surface area (TPSA) is 85.9 Å². The van der Waals surface area contributed by atoms with Gasteiger partial charge in [-0.25, -0.2) is 9.78 Å². The molecular formula is C21H20N6O2S. The van der Waals surface area contributed by atoms with Crippen molar-refractivity contribution in [2.45, 2.75) is 25.3 Å². The Morgan fingerprint density at radius 1 is 1.07 bits per heavy atom. The molecule has 0 N–H and O–H groups in total. The maximum absolute atomic E-state index is 12.9. The van der Waals surface area contributed by atoms with Crippen molar-refractivity contribution in [2.75, 3.05) is 13.1 Å². The van der Waals surface area contributed by atoms with Gasteiger partial charge in [-0.15, -0.1) is 11.3 Å². The summed E-state index contributed by atoms with van der Waals surface area (Å²) < 4.78 is 3.49. The Bertz CT molecular complexity index is 1210. The number of amides is 1. The highest BCUT2D eigenvalue weighted by molar-refractivity contribution is 7.18. The molecule has 152 valence electrons. The van der Waals surface area contributed by atoms with Crippen molar-refractivity contribution in [1.29, 1.82) is 0 Å². The van der Waals surface area contributed by atoms with E-state index in [4.69, 9.17) is 4.98 Å². The van der Waals surface area contributed by atoms with Gasteiger partial charge in [0.1, 0.15) is 6.54 Å². The van der Waals surface area contributed by atoms with E-state index >= 15 is 0 Å². The first-order valence-electron chi connectivity index (χ1n) is 9.90. The second kappa shape index (κ2) is 7.83. The van der Waals surface area contributed by atoms with E-state index in [1.54, 1.807) is 23.5 Å². The summed E-state index contributed by atoms with van der Waals surface area (Å²) in [5, 5.41) is 8.87. The first-order valence-corrected chi connectivity index (χ1v) is 10.7. The van der Waals surface area contributed by atoms with E-state index < -0.39 is 5.69 Å². The number of rotatable bonds is 4. The molecule has 1 saturated heterocycles. The average molecular weight is 420 g/mol. The van der Waals surface area contributed by atoms with Gasteiger partial charge in [0.2, 0.25) is 5.91 Å². The van der Waals surface area contributed by atoms with E-state index in [1.807, 2.05) is 41.3 Å². The number of carbonyl (C=O) groups is 1. The Labute approximate surface area is 176 Å². The van der Waals surface area contributed by atoms with Crippen LogP contribution in [-0.4, -0.2) is 48.7 Å². The van der Waals surface area contributed by atoms with Crippen LogP contribution < -0.4 is 5.69 Å². The Balaban J connectivity index is 1.31. The molecule has 30 heavy (non-hydrogen) atoms. The lowest BCUT2D eigenvalue weighted by atomic mass is 9.98. The van der Waals surface area contributed by atoms with E-state index in [1.165, 1.54) is 9.38 Å². The standard InChI is InChI=1S/C21H20N6O2S/c28-19(14-26-21(29)27(24-23-26)16-8-2-1-3-9-16)25-12-6-7-15(13-25)20-22-17-10-4-5-11-18(17)30-20/h1-5,8-11,15H,6-7,12-14H2. The SMILES string of the molecule is O=C(Cn1nnn(-c2ccccc2)c1=O)N1CCCC(c2nc3ccccc3s2)C1. The zero-order valence-corrected chi connectivity index (χ0v) is 17.0. The molecular weight excluding hydrogens is 400 g/mol. The number of carbonyl (C=O) groups excluding carboxylic acids is 1. The van der Waals surface area contributed by atoms with Gasteiger partial charge < -0.3 is 4.90 Å². The second-order valence-electron chi connectivity index (χ2n) is 7.37. The monoisotopic (exact) mass is 420 g/mol. The summed E-state index contributed by atoms with van der Waals surface area (Å²) in [5.74, 6) is 0.0971. The maximum Gasteiger partial charge on any atom is 0.368 e. The molecule has 0 saturated carbocycles. The number of para-hydroxylation sites is 2. The van der Waals surface area contributed by atoms with Crippen LogP contribution in [0.25, 0.3) is 15.9 Å². The molecule has 2 aromatic carbocycles. The third kappa shape index (κ3) is 3.52. The summed E-state index contributed by atoms with van der Waals surface area (Å²) in [4.78, 5) is 32.1. The summed E-state index contributed by atoms with van der Waals surface area (Å²) in [7, 11) is 0. The summed E-state index contributed by atoms with van der Waals surface area (Å²) in [6, 6.07) is 17.1. The van der Waals surface area contributed by atoms with Crippen molar-refractivity contribution >= 4 is 27.5 Å². The molecule has 1 aliphatic rings. The average Bonchev–Trinajstić information content (AvgIpc) is 3.38. The van der Waals surface area contributed by atoms with Gasteiger partial charge in [0.15, 0.2) is 0 Å². The molecule has 3 heterocycles. The number of nitrogens with zero attached hydrogens (tertiary/aromatic N) is 6. The molecule has 0 aliphatic carbocycles. The number of benzene rings is 2. The van der Waals surface area contributed by atoms with Crippen LogP contribution in [0.15, 0.2) is 59.4 Å². The highest BCUT2D eigenvalue weighted by Gasteiger charge is 2.27. The number of fused-ring (bicyclic) bond motifs is 1. The minimum absolute atomic E-state index is 0.113. The Morgan fingerprint density at radius 3 is 2.70 bits per heavy atom. The number of tetrazole rings is 1. The summed E-state index contributed by atoms with van der Waals surface area (Å²) in [6.07, 6.45) is 1.92. The fourth-order valence-electron chi connectivity index (χ4n) is 3.80. The third-order valence-electron chi connectivity index (χ3n) is 5.36. The quantitative estimate of drug-likeness (QED) is 0.506. The third-order valence-corrected chi connectivity index (χ3v) is 6.56. The molecule has 1 unspecified atom stereocenters. The van der Waals surface area contributed by atoms with E-state index in [2.05, 4.69) is 16.5 Å². The Hall–Kier alpha value is -3.33. The lowest BCUT2D eigenvalue weighted by Gasteiger charge is -2.31. The zero-order chi connectivity index (χ0) is 20.5. The lowest BCUT2D eigenvalue weighted by molar-refractivity contribution is -0.133. The Kier molecular flexibility index (Phi) is 4.88. The van der Waals surface area contributed by atoms with Crippen LogP contribution in [0.5, 0.6) is 0 Å². The highest BCUT2D eigenvalue weighted by atomic mass is 32.1. The van der Waals surface area contributed by atoms with Crippen molar-refractivity contribution in [2.24, 2.45) is 0 Å². The normalized spacial score (nSPS) is 16.8. The zero-order valence-electron chi connectivity index (χ0n) is 16.2. The molecule has 1 aliphatic heterocycles. The summed E-state index contributed by atoms with van der Waals surface area (Å²) in [6.45, 7) is 1.18. The van der Waals surface area contributed by atoms with Gasteiger partial charge in [0, 0.05) is 19.0 Å². The van der Waals surface area contributed by atoms with Crippen molar-refractivity contribution in [1.82, 2.24) is 29.7 Å². The van der Waals surface area contributed by atoms with Crippen LogP contribution in [0.4, 0.5) is 0 Å². The fourth-order valence-corrected chi connectivity index (χ4v) is 4.90. The minimum atomic E-state index is -0.422. The summed E-state index contributed by atoms with van der Waals surface area (Å²) in [5.41, 5.74) is 1.20. The Morgan fingerprint density at radius 2 is 1.87 bits per heavy atom. The van der Waals surface area contributed by atoms with E-state index in [0.29, 0.717) is 18.8 Å². The number of hydrogen-bond donors (Lipinski definition) is 0. The number of likely N-dealkylation sites (tertiary alicyclic amines) is 1. The molecule has 9 heteroatoms. The molecule has 4 aromatic rings. The molecule has 1 atom stereocenters. The molecule has 2 aromatic heterocycles. The van der Waals surface area contributed by atoms with Gasteiger partial charge >= 0.3 is 5.69 Å². The lowest BCUT2D eigenvalue weighted by Crippen LogP contribution is -2.42. The van der Waals surface area contributed by atoms with Crippen LogP contribution >= 0.6 is 11.3 Å².